The SMILES string of the molecule is CCOC(=O)C1=CN(Cc2ccccc2)/C(=C\N=O)C=C1. The first-order valence-corrected chi connectivity index (χ1v) is 6.65. The third-order valence-electron chi connectivity index (χ3n) is 2.95. The minimum atomic E-state index is -0.384. The Bertz CT molecular complexity index is 603. The quantitative estimate of drug-likeness (QED) is 0.615. The first-order chi connectivity index (χ1) is 10.2. The molecule has 0 amide bonds. The zero-order valence-corrected chi connectivity index (χ0v) is 11.7. The highest BCUT2D eigenvalue weighted by Gasteiger charge is 2.16. The molecule has 108 valence electrons. The fraction of sp³-hybridized carbons (Fsp3) is 0.188. The molecule has 1 aliphatic rings. The molecule has 0 saturated heterocycles. The summed E-state index contributed by atoms with van der Waals surface area (Å²) < 4.78 is 4.99. The van der Waals surface area contributed by atoms with Crippen molar-refractivity contribution in [3.8, 4) is 0 Å². The molecule has 0 unspecified atom stereocenters. The first-order valence-electron chi connectivity index (χ1n) is 6.65. The van der Waals surface area contributed by atoms with E-state index in [4.69, 9.17) is 4.74 Å². The lowest BCUT2D eigenvalue weighted by Gasteiger charge is -2.24. The van der Waals surface area contributed by atoms with Crippen LogP contribution in [0.4, 0.5) is 0 Å². The van der Waals surface area contributed by atoms with Crippen LogP contribution >= 0.6 is 0 Å². The van der Waals surface area contributed by atoms with Crippen LogP contribution in [0.3, 0.4) is 0 Å². The number of carbonyl (C=O) groups excluding carboxylic acids is 1. The van der Waals surface area contributed by atoms with Gasteiger partial charge in [0.25, 0.3) is 0 Å². The summed E-state index contributed by atoms with van der Waals surface area (Å²) in [6.45, 7) is 2.62. The number of carbonyl (C=O) groups is 1. The average Bonchev–Trinajstić information content (AvgIpc) is 2.50. The number of ether oxygens (including phenoxy) is 1. The maximum atomic E-state index is 11.8. The molecule has 0 bridgehead atoms. The lowest BCUT2D eigenvalue weighted by atomic mass is 10.1. The second kappa shape index (κ2) is 7.19. The highest BCUT2D eigenvalue weighted by molar-refractivity contribution is 5.92. The molecule has 21 heavy (non-hydrogen) atoms. The van der Waals surface area contributed by atoms with Gasteiger partial charge < -0.3 is 9.64 Å². The van der Waals surface area contributed by atoms with Gasteiger partial charge >= 0.3 is 5.97 Å². The Morgan fingerprint density at radius 2 is 2.05 bits per heavy atom. The summed E-state index contributed by atoms with van der Waals surface area (Å²) in [6.07, 6.45) is 6.19. The normalized spacial score (nSPS) is 15.8. The standard InChI is InChI=1S/C16H16N2O3/c1-2-21-16(19)14-8-9-15(10-17-20)18(12-14)11-13-6-4-3-5-7-13/h3-10,12H,2,11H2,1H3/b15-10-. The molecular formula is C16H16N2O3. The number of esters is 1. The fourth-order valence-electron chi connectivity index (χ4n) is 1.98. The highest BCUT2D eigenvalue weighted by Crippen LogP contribution is 2.21. The molecular weight excluding hydrogens is 268 g/mol. The Balaban J connectivity index is 2.24. The number of nitrogens with zero attached hydrogens (tertiary/aromatic N) is 2. The fourth-order valence-corrected chi connectivity index (χ4v) is 1.98. The van der Waals surface area contributed by atoms with Crippen molar-refractivity contribution < 1.29 is 9.53 Å². The van der Waals surface area contributed by atoms with Crippen LogP contribution < -0.4 is 0 Å². The summed E-state index contributed by atoms with van der Waals surface area (Å²) in [5, 5.41) is 2.81. The molecule has 5 nitrogen and oxygen atoms in total. The second-order valence-electron chi connectivity index (χ2n) is 4.41. The van der Waals surface area contributed by atoms with E-state index in [1.54, 1.807) is 30.2 Å². The summed E-state index contributed by atoms with van der Waals surface area (Å²) >= 11 is 0. The Hall–Kier alpha value is -2.69. The van der Waals surface area contributed by atoms with Gasteiger partial charge in [0.05, 0.1) is 24.1 Å². The number of nitroso groups, excluding NO2 is 1. The van der Waals surface area contributed by atoms with E-state index in [1.165, 1.54) is 6.20 Å². The lowest BCUT2D eigenvalue weighted by molar-refractivity contribution is -0.138. The summed E-state index contributed by atoms with van der Waals surface area (Å²) in [5.41, 5.74) is 2.13. The Morgan fingerprint density at radius 3 is 2.71 bits per heavy atom. The maximum Gasteiger partial charge on any atom is 0.339 e. The molecule has 0 saturated carbocycles. The van der Waals surface area contributed by atoms with Crippen molar-refractivity contribution in [2.75, 3.05) is 6.61 Å². The molecule has 5 heteroatoms. The third-order valence-corrected chi connectivity index (χ3v) is 2.95. The van der Waals surface area contributed by atoms with Crippen LogP contribution in [0.1, 0.15) is 12.5 Å². The lowest BCUT2D eigenvalue weighted by Crippen LogP contribution is -2.21. The Morgan fingerprint density at radius 1 is 1.29 bits per heavy atom. The zero-order chi connectivity index (χ0) is 15.1. The number of benzene rings is 1. The van der Waals surface area contributed by atoms with Crippen LogP contribution in [0.25, 0.3) is 0 Å². The molecule has 0 fully saturated rings. The summed E-state index contributed by atoms with van der Waals surface area (Å²) in [7, 11) is 0. The van der Waals surface area contributed by atoms with Gasteiger partial charge in [-0.3, -0.25) is 0 Å². The maximum absolute atomic E-state index is 11.8. The second-order valence-corrected chi connectivity index (χ2v) is 4.41. The van der Waals surface area contributed by atoms with Crippen molar-refractivity contribution in [2.24, 2.45) is 5.18 Å². The number of hydrogen-bond acceptors (Lipinski definition) is 5. The van der Waals surface area contributed by atoms with Gasteiger partial charge in [0, 0.05) is 12.7 Å². The van der Waals surface area contributed by atoms with E-state index in [-0.39, 0.29) is 5.97 Å². The molecule has 1 aromatic rings. The average molecular weight is 284 g/mol. The summed E-state index contributed by atoms with van der Waals surface area (Å²) in [6, 6.07) is 9.76. The summed E-state index contributed by atoms with van der Waals surface area (Å²) in [4.78, 5) is 24.1. The van der Waals surface area contributed by atoms with Gasteiger partial charge in [-0.2, -0.15) is 0 Å². The van der Waals surface area contributed by atoms with Crippen molar-refractivity contribution in [1.29, 1.82) is 0 Å². The van der Waals surface area contributed by atoms with Crippen LogP contribution in [-0.4, -0.2) is 17.5 Å². The van der Waals surface area contributed by atoms with Gasteiger partial charge in [-0.25, -0.2) is 4.79 Å². The minimum absolute atomic E-state index is 0.321. The monoisotopic (exact) mass is 284 g/mol. The van der Waals surface area contributed by atoms with E-state index in [0.29, 0.717) is 24.4 Å². The van der Waals surface area contributed by atoms with Gasteiger partial charge in [0.15, 0.2) is 0 Å². The van der Waals surface area contributed by atoms with Crippen molar-refractivity contribution in [3.63, 3.8) is 0 Å². The molecule has 1 aromatic carbocycles. The molecule has 0 N–H and O–H groups in total. The molecule has 0 atom stereocenters. The van der Waals surface area contributed by atoms with E-state index in [9.17, 15) is 9.70 Å². The van der Waals surface area contributed by atoms with Crippen LogP contribution in [0.5, 0.6) is 0 Å². The van der Waals surface area contributed by atoms with Gasteiger partial charge in [-0.15, -0.1) is 4.91 Å². The van der Waals surface area contributed by atoms with Crippen LogP contribution in [-0.2, 0) is 16.1 Å². The molecule has 0 aromatic heterocycles. The molecule has 0 radical (unpaired) electrons. The largest absolute Gasteiger partial charge is 0.462 e. The van der Waals surface area contributed by atoms with E-state index in [1.807, 2.05) is 30.3 Å². The van der Waals surface area contributed by atoms with Crippen molar-refractivity contribution >= 4 is 5.97 Å². The predicted molar refractivity (Wildman–Crippen MR) is 79.7 cm³/mol. The third kappa shape index (κ3) is 3.89. The van der Waals surface area contributed by atoms with Gasteiger partial charge in [0.1, 0.15) is 0 Å². The van der Waals surface area contributed by atoms with Crippen molar-refractivity contribution in [1.82, 2.24) is 4.90 Å². The Labute approximate surface area is 123 Å². The van der Waals surface area contributed by atoms with Crippen molar-refractivity contribution in [2.45, 2.75) is 13.5 Å². The first kappa shape index (κ1) is 14.7. The van der Waals surface area contributed by atoms with Crippen LogP contribution in [0.15, 0.2) is 71.3 Å². The number of allylic oxidation sites excluding steroid dienone is 1. The molecule has 2 rings (SSSR count). The van der Waals surface area contributed by atoms with E-state index in [0.717, 1.165) is 5.56 Å². The van der Waals surface area contributed by atoms with E-state index < -0.39 is 0 Å². The number of hydrogen-bond donors (Lipinski definition) is 0. The Kier molecular flexibility index (Phi) is 5.04. The minimum Gasteiger partial charge on any atom is -0.462 e. The molecule has 1 heterocycles. The smallest absolute Gasteiger partial charge is 0.339 e. The van der Waals surface area contributed by atoms with Gasteiger partial charge in [0.2, 0.25) is 0 Å². The molecule has 0 aliphatic carbocycles. The van der Waals surface area contributed by atoms with Crippen LogP contribution in [0, 0.1) is 4.91 Å². The van der Waals surface area contributed by atoms with Gasteiger partial charge in [-0.1, -0.05) is 30.3 Å². The summed E-state index contributed by atoms with van der Waals surface area (Å²) in [5.74, 6) is -0.384. The van der Waals surface area contributed by atoms with Crippen LogP contribution in [0.2, 0.25) is 0 Å². The topological polar surface area (TPSA) is 59.0 Å². The zero-order valence-electron chi connectivity index (χ0n) is 11.7. The van der Waals surface area contributed by atoms with Crippen molar-refractivity contribution in [3.05, 3.63) is 76.6 Å². The molecule has 0 spiro atoms. The molecule has 1 aliphatic heterocycles. The van der Waals surface area contributed by atoms with E-state index >= 15 is 0 Å². The number of rotatable bonds is 5. The predicted octanol–water partition coefficient (Wildman–Crippen LogP) is 3.11. The highest BCUT2D eigenvalue weighted by atomic mass is 16.5. The van der Waals surface area contributed by atoms with Gasteiger partial charge in [-0.05, 0) is 29.8 Å². The van der Waals surface area contributed by atoms with E-state index in [2.05, 4.69) is 5.18 Å².